The normalized spacial score (nSPS) is 11.5. The zero-order chi connectivity index (χ0) is 19.8. The van der Waals surface area contributed by atoms with Gasteiger partial charge in [-0.1, -0.05) is 42.5 Å². The number of amides is 1. The van der Waals surface area contributed by atoms with E-state index in [0.717, 1.165) is 16.5 Å². The number of thiophene rings is 1. The molecule has 1 heterocycles. The Hall–Kier alpha value is -3.19. The van der Waals surface area contributed by atoms with Crippen molar-refractivity contribution in [3.63, 3.8) is 0 Å². The molecule has 0 radical (unpaired) electrons. The smallest absolute Gasteiger partial charge is 0.344 e. The van der Waals surface area contributed by atoms with Crippen molar-refractivity contribution in [3.05, 3.63) is 88.4 Å². The molecule has 1 N–H and O–H groups in total. The molecule has 0 aliphatic rings. The predicted molar refractivity (Wildman–Crippen MR) is 104 cm³/mol. The molecule has 5 nitrogen and oxygen atoms in total. The maximum absolute atomic E-state index is 13.1. The van der Waals surface area contributed by atoms with Crippen LogP contribution in [0.3, 0.4) is 0 Å². The van der Waals surface area contributed by atoms with E-state index >= 15 is 0 Å². The summed E-state index contributed by atoms with van der Waals surface area (Å²) in [5.41, 5.74) is 0.930. The molecule has 0 aliphatic heterocycles. The SMILES string of the molecule is O=C(COC(=O)COc1cccc(F)c1)N[C@@H](c1ccccc1)c1cccs1. The molecule has 0 spiro atoms. The summed E-state index contributed by atoms with van der Waals surface area (Å²) in [6.07, 6.45) is 0. The van der Waals surface area contributed by atoms with E-state index < -0.39 is 30.9 Å². The minimum atomic E-state index is -0.716. The first-order valence-corrected chi connectivity index (χ1v) is 9.41. The fourth-order valence-corrected chi connectivity index (χ4v) is 3.31. The van der Waals surface area contributed by atoms with Crippen molar-refractivity contribution >= 4 is 23.2 Å². The molecule has 0 aliphatic carbocycles. The van der Waals surface area contributed by atoms with Gasteiger partial charge in [0, 0.05) is 10.9 Å². The average Bonchev–Trinajstić information content (AvgIpc) is 3.24. The Morgan fingerprint density at radius 2 is 1.82 bits per heavy atom. The number of hydrogen-bond donors (Lipinski definition) is 1. The highest BCUT2D eigenvalue weighted by Gasteiger charge is 2.18. The Kier molecular flexibility index (Phi) is 6.75. The number of benzene rings is 2. The predicted octanol–water partition coefficient (Wildman–Crippen LogP) is 3.72. The van der Waals surface area contributed by atoms with Gasteiger partial charge in [-0.05, 0) is 29.1 Å². The maximum atomic E-state index is 13.1. The zero-order valence-electron chi connectivity index (χ0n) is 14.8. The molecule has 0 unspecified atom stereocenters. The lowest BCUT2D eigenvalue weighted by Crippen LogP contribution is -2.33. The minimum Gasteiger partial charge on any atom is -0.482 e. The van der Waals surface area contributed by atoms with E-state index in [2.05, 4.69) is 5.32 Å². The van der Waals surface area contributed by atoms with Crippen LogP contribution in [0.25, 0.3) is 0 Å². The zero-order valence-corrected chi connectivity index (χ0v) is 15.7. The molecular weight excluding hydrogens is 381 g/mol. The molecule has 3 rings (SSSR count). The van der Waals surface area contributed by atoms with Crippen molar-refractivity contribution in [3.8, 4) is 5.75 Å². The van der Waals surface area contributed by atoms with Gasteiger partial charge in [-0.25, -0.2) is 9.18 Å². The first-order chi connectivity index (χ1) is 13.6. The Balaban J connectivity index is 1.51. The van der Waals surface area contributed by atoms with Crippen LogP contribution in [0.4, 0.5) is 4.39 Å². The van der Waals surface area contributed by atoms with E-state index in [1.54, 1.807) is 0 Å². The van der Waals surface area contributed by atoms with Crippen molar-refractivity contribution in [2.75, 3.05) is 13.2 Å². The van der Waals surface area contributed by atoms with Gasteiger partial charge < -0.3 is 14.8 Å². The number of carbonyl (C=O) groups excluding carboxylic acids is 2. The summed E-state index contributed by atoms with van der Waals surface area (Å²) in [6.45, 7) is -0.843. The standard InChI is InChI=1S/C21H18FNO4S/c22-16-8-4-9-17(12-16)26-14-20(25)27-13-19(24)23-21(18-10-5-11-28-18)15-6-2-1-3-7-15/h1-12,21H,13-14H2,(H,23,24)/t21-/m0/s1. The van der Waals surface area contributed by atoms with Crippen LogP contribution in [0.5, 0.6) is 5.75 Å². The molecule has 1 aromatic heterocycles. The highest BCUT2D eigenvalue weighted by molar-refractivity contribution is 7.10. The highest BCUT2D eigenvalue weighted by Crippen LogP contribution is 2.25. The molecule has 1 atom stereocenters. The van der Waals surface area contributed by atoms with Crippen LogP contribution in [0.2, 0.25) is 0 Å². The summed E-state index contributed by atoms with van der Waals surface area (Å²) in [5.74, 6) is -1.40. The summed E-state index contributed by atoms with van der Waals surface area (Å²) >= 11 is 1.53. The molecule has 28 heavy (non-hydrogen) atoms. The van der Waals surface area contributed by atoms with Crippen LogP contribution in [0.1, 0.15) is 16.5 Å². The van der Waals surface area contributed by atoms with E-state index in [0.29, 0.717) is 0 Å². The number of rotatable bonds is 8. The summed E-state index contributed by atoms with van der Waals surface area (Å²) < 4.78 is 23.2. The molecule has 144 valence electrons. The molecule has 0 bridgehead atoms. The minimum absolute atomic E-state index is 0.211. The van der Waals surface area contributed by atoms with Crippen LogP contribution in [0.15, 0.2) is 72.1 Å². The fraction of sp³-hybridized carbons (Fsp3) is 0.143. The summed E-state index contributed by atoms with van der Waals surface area (Å²) in [4.78, 5) is 25.0. The van der Waals surface area contributed by atoms with Gasteiger partial charge in [0.1, 0.15) is 11.6 Å². The van der Waals surface area contributed by atoms with E-state index in [-0.39, 0.29) is 11.8 Å². The molecule has 7 heteroatoms. The van der Waals surface area contributed by atoms with Gasteiger partial charge in [0.15, 0.2) is 13.2 Å². The van der Waals surface area contributed by atoms with E-state index in [1.807, 2.05) is 47.8 Å². The molecule has 1 amide bonds. The van der Waals surface area contributed by atoms with Crippen molar-refractivity contribution in [2.24, 2.45) is 0 Å². The second-order valence-electron chi connectivity index (χ2n) is 5.83. The summed E-state index contributed by atoms with van der Waals surface area (Å²) in [6, 6.07) is 18.5. The quantitative estimate of drug-likeness (QED) is 0.587. The molecule has 3 aromatic rings. The van der Waals surface area contributed by atoms with Gasteiger partial charge in [0.2, 0.25) is 0 Å². The number of carbonyl (C=O) groups is 2. The number of ether oxygens (including phenoxy) is 2. The van der Waals surface area contributed by atoms with E-state index in [9.17, 15) is 14.0 Å². The highest BCUT2D eigenvalue weighted by atomic mass is 32.1. The monoisotopic (exact) mass is 399 g/mol. The third kappa shape index (κ3) is 5.65. The average molecular weight is 399 g/mol. The number of halogens is 1. The molecule has 2 aromatic carbocycles. The van der Waals surface area contributed by atoms with E-state index in [1.165, 1.54) is 29.5 Å². The first kappa shape index (κ1) is 19.6. The number of esters is 1. The Bertz CT molecular complexity index is 915. The van der Waals surface area contributed by atoms with Crippen molar-refractivity contribution in [1.29, 1.82) is 0 Å². The lowest BCUT2D eigenvalue weighted by atomic mass is 10.1. The van der Waals surface area contributed by atoms with Gasteiger partial charge in [-0.2, -0.15) is 0 Å². The third-order valence-electron chi connectivity index (χ3n) is 3.78. The largest absolute Gasteiger partial charge is 0.482 e. The Morgan fingerprint density at radius 3 is 2.54 bits per heavy atom. The first-order valence-electron chi connectivity index (χ1n) is 8.53. The molecule has 0 saturated heterocycles. The van der Waals surface area contributed by atoms with Crippen LogP contribution in [0, 0.1) is 5.82 Å². The van der Waals surface area contributed by atoms with Gasteiger partial charge >= 0.3 is 5.97 Å². The van der Waals surface area contributed by atoms with Gasteiger partial charge in [0.25, 0.3) is 5.91 Å². The number of hydrogen-bond acceptors (Lipinski definition) is 5. The van der Waals surface area contributed by atoms with E-state index in [4.69, 9.17) is 9.47 Å². The summed E-state index contributed by atoms with van der Waals surface area (Å²) in [5, 5.41) is 4.81. The maximum Gasteiger partial charge on any atom is 0.344 e. The van der Waals surface area contributed by atoms with Crippen molar-refractivity contribution in [2.45, 2.75) is 6.04 Å². The lowest BCUT2D eigenvalue weighted by molar-refractivity contribution is -0.150. The van der Waals surface area contributed by atoms with Gasteiger partial charge in [-0.15, -0.1) is 11.3 Å². The Labute approximate surface area is 165 Å². The van der Waals surface area contributed by atoms with Gasteiger partial charge in [-0.3, -0.25) is 4.79 Å². The molecular formula is C21H18FNO4S. The topological polar surface area (TPSA) is 64.6 Å². The van der Waals surface area contributed by atoms with Crippen LogP contribution >= 0.6 is 11.3 Å². The Morgan fingerprint density at radius 1 is 1.00 bits per heavy atom. The molecule has 0 saturated carbocycles. The number of nitrogens with one attached hydrogen (secondary N) is 1. The van der Waals surface area contributed by atoms with Crippen molar-refractivity contribution in [1.82, 2.24) is 5.32 Å². The third-order valence-corrected chi connectivity index (χ3v) is 4.72. The van der Waals surface area contributed by atoms with Crippen molar-refractivity contribution < 1.29 is 23.5 Å². The van der Waals surface area contributed by atoms with Crippen LogP contribution in [-0.4, -0.2) is 25.1 Å². The van der Waals surface area contributed by atoms with Gasteiger partial charge in [0.05, 0.1) is 6.04 Å². The summed E-state index contributed by atoms with van der Waals surface area (Å²) in [7, 11) is 0. The fourth-order valence-electron chi connectivity index (χ4n) is 2.51. The van der Waals surface area contributed by atoms with Crippen LogP contribution < -0.4 is 10.1 Å². The second kappa shape index (κ2) is 9.66. The lowest BCUT2D eigenvalue weighted by Gasteiger charge is -2.18. The van der Waals surface area contributed by atoms with Crippen LogP contribution in [-0.2, 0) is 14.3 Å². The second-order valence-corrected chi connectivity index (χ2v) is 6.81. The molecule has 0 fully saturated rings.